The summed E-state index contributed by atoms with van der Waals surface area (Å²) in [5.41, 5.74) is 1.25. The molecule has 78 valence electrons. The second-order valence-corrected chi connectivity index (χ2v) is 5.31. The smallest absolute Gasteiger partial charge is 0.00100 e. The zero-order valence-electron chi connectivity index (χ0n) is 9.02. The Hall–Kier alpha value is 0.250. The summed E-state index contributed by atoms with van der Waals surface area (Å²) in [6.07, 6.45) is 5.89. The van der Waals surface area contributed by atoms with E-state index in [0.717, 1.165) is 5.92 Å². The number of hydrogen-bond donors (Lipinski definition) is 1. The first-order chi connectivity index (χ1) is 5.62. The van der Waals surface area contributed by atoms with Crippen molar-refractivity contribution in [3.05, 3.63) is 0 Å². The van der Waals surface area contributed by atoms with Crippen LogP contribution >= 0.6 is 12.4 Å². The molecule has 13 heavy (non-hydrogen) atoms. The number of hydrogen-bond acceptors (Lipinski definition) is 1. The van der Waals surface area contributed by atoms with Gasteiger partial charge >= 0.3 is 0 Å². The van der Waals surface area contributed by atoms with Gasteiger partial charge in [-0.2, -0.15) is 0 Å². The van der Waals surface area contributed by atoms with Crippen LogP contribution in [0.3, 0.4) is 0 Å². The molecule has 0 aromatic heterocycles. The summed E-state index contributed by atoms with van der Waals surface area (Å²) in [5, 5.41) is 3.38. The Balaban J connectivity index is 0.000000845. The van der Waals surface area contributed by atoms with Crippen molar-refractivity contribution in [1.29, 1.82) is 0 Å². The van der Waals surface area contributed by atoms with Gasteiger partial charge in [-0.1, -0.05) is 13.8 Å². The van der Waals surface area contributed by atoms with Gasteiger partial charge in [-0.05, 0) is 49.5 Å². The molecule has 0 saturated heterocycles. The molecule has 0 aromatic carbocycles. The van der Waals surface area contributed by atoms with E-state index in [-0.39, 0.29) is 12.4 Å². The third-order valence-corrected chi connectivity index (χ3v) is 4.85. The second-order valence-electron chi connectivity index (χ2n) is 5.31. The maximum Gasteiger partial charge on any atom is 0.00100 e. The van der Waals surface area contributed by atoms with E-state index in [1.807, 2.05) is 0 Å². The van der Waals surface area contributed by atoms with Gasteiger partial charge in [0.2, 0.25) is 0 Å². The minimum atomic E-state index is 0. The van der Waals surface area contributed by atoms with Crippen molar-refractivity contribution in [2.75, 3.05) is 13.6 Å². The first-order valence-electron chi connectivity index (χ1n) is 5.27. The Morgan fingerprint density at radius 2 is 1.77 bits per heavy atom. The molecule has 2 heteroatoms. The van der Waals surface area contributed by atoms with Gasteiger partial charge in [0.05, 0.1) is 0 Å². The molecule has 1 nitrogen and oxygen atoms in total. The Morgan fingerprint density at radius 1 is 1.23 bits per heavy atom. The zero-order chi connectivity index (χ0) is 8.82. The molecular formula is C11H22ClN. The van der Waals surface area contributed by atoms with Gasteiger partial charge in [0, 0.05) is 6.54 Å². The molecule has 0 aliphatic heterocycles. The maximum absolute atomic E-state index is 3.38. The van der Waals surface area contributed by atoms with Crippen LogP contribution in [0.25, 0.3) is 0 Å². The Bertz CT molecular complexity index is 181. The van der Waals surface area contributed by atoms with Crippen molar-refractivity contribution in [2.45, 2.75) is 39.5 Å². The van der Waals surface area contributed by atoms with Crippen LogP contribution in [0.4, 0.5) is 0 Å². The largest absolute Gasteiger partial charge is 0.319 e. The third-order valence-electron chi connectivity index (χ3n) is 4.85. The van der Waals surface area contributed by atoms with Crippen molar-refractivity contribution in [2.24, 2.45) is 16.7 Å². The van der Waals surface area contributed by atoms with Crippen molar-refractivity contribution in [1.82, 2.24) is 5.32 Å². The fourth-order valence-electron chi connectivity index (χ4n) is 3.71. The molecule has 0 aromatic rings. The van der Waals surface area contributed by atoms with E-state index in [9.17, 15) is 0 Å². The van der Waals surface area contributed by atoms with Gasteiger partial charge in [-0.3, -0.25) is 0 Å². The van der Waals surface area contributed by atoms with Gasteiger partial charge in [-0.15, -0.1) is 12.4 Å². The normalized spacial score (nSPS) is 40.4. The van der Waals surface area contributed by atoms with E-state index < -0.39 is 0 Å². The quantitative estimate of drug-likeness (QED) is 0.728. The Kier molecular flexibility index (Phi) is 2.99. The topological polar surface area (TPSA) is 12.0 Å². The fourth-order valence-corrected chi connectivity index (χ4v) is 3.71. The van der Waals surface area contributed by atoms with Gasteiger partial charge in [-0.25, -0.2) is 0 Å². The standard InChI is InChI=1S/C11H21N.ClH/c1-10(2)9-4-6-11(10,7-5-9)8-12-3;/h9,12H,4-8H2,1-3H3;1H. The highest BCUT2D eigenvalue weighted by atomic mass is 35.5. The van der Waals surface area contributed by atoms with Gasteiger partial charge < -0.3 is 5.32 Å². The van der Waals surface area contributed by atoms with Crippen LogP contribution in [0.5, 0.6) is 0 Å². The van der Waals surface area contributed by atoms with E-state index in [1.165, 1.54) is 32.2 Å². The predicted octanol–water partition coefficient (Wildman–Crippen LogP) is 2.84. The summed E-state index contributed by atoms with van der Waals surface area (Å²) >= 11 is 0. The monoisotopic (exact) mass is 203 g/mol. The molecule has 1 N–H and O–H groups in total. The molecule has 0 unspecified atom stereocenters. The highest BCUT2D eigenvalue weighted by molar-refractivity contribution is 5.85. The Labute approximate surface area is 88.1 Å². The maximum atomic E-state index is 3.38. The number of fused-ring (bicyclic) bond motifs is 2. The van der Waals surface area contributed by atoms with E-state index in [4.69, 9.17) is 0 Å². The third kappa shape index (κ3) is 1.32. The van der Waals surface area contributed by atoms with Crippen LogP contribution in [0, 0.1) is 16.7 Å². The molecule has 2 fully saturated rings. The first-order valence-corrected chi connectivity index (χ1v) is 5.27. The van der Waals surface area contributed by atoms with E-state index in [0.29, 0.717) is 10.8 Å². The predicted molar refractivity (Wildman–Crippen MR) is 59.3 cm³/mol. The highest BCUT2D eigenvalue weighted by Gasteiger charge is 2.57. The molecule has 2 rings (SSSR count). The number of rotatable bonds is 2. The van der Waals surface area contributed by atoms with Crippen molar-refractivity contribution in [3.63, 3.8) is 0 Å². The molecule has 0 heterocycles. The van der Waals surface area contributed by atoms with E-state index in [2.05, 4.69) is 26.2 Å². The average molecular weight is 204 g/mol. The molecule has 2 aliphatic carbocycles. The molecule has 2 saturated carbocycles. The summed E-state index contributed by atoms with van der Waals surface area (Å²) in [6, 6.07) is 0. The molecule has 0 amide bonds. The van der Waals surface area contributed by atoms with Crippen molar-refractivity contribution < 1.29 is 0 Å². The van der Waals surface area contributed by atoms with E-state index in [1.54, 1.807) is 0 Å². The summed E-state index contributed by atoms with van der Waals surface area (Å²) in [6.45, 7) is 6.19. The fraction of sp³-hybridized carbons (Fsp3) is 1.00. The summed E-state index contributed by atoms with van der Waals surface area (Å²) in [7, 11) is 2.09. The minimum absolute atomic E-state index is 0. The lowest BCUT2D eigenvalue weighted by molar-refractivity contribution is 0.128. The van der Waals surface area contributed by atoms with Crippen molar-refractivity contribution in [3.8, 4) is 0 Å². The van der Waals surface area contributed by atoms with Crippen LogP contribution in [0.15, 0.2) is 0 Å². The Morgan fingerprint density at radius 3 is 2.08 bits per heavy atom. The zero-order valence-corrected chi connectivity index (χ0v) is 9.84. The van der Waals surface area contributed by atoms with E-state index >= 15 is 0 Å². The summed E-state index contributed by atoms with van der Waals surface area (Å²) in [4.78, 5) is 0. The summed E-state index contributed by atoms with van der Waals surface area (Å²) in [5.74, 6) is 1.02. The van der Waals surface area contributed by atoms with Gasteiger partial charge in [0.1, 0.15) is 0 Å². The SMILES string of the molecule is CNCC12CCC(CC1)C2(C)C.Cl. The lowest BCUT2D eigenvalue weighted by Crippen LogP contribution is -2.38. The van der Waals surface area contributed by atoms with Crippen LogP contribution in [0.2, 0.25) is 0 Å². The summed E-state index contributed by atoms with van der Waals surface area (Å²) < 4.78 is 0. The molecule has 0 atom stereocenters. The molecule has 0 radical (unpaired) electrons. The number of halogens is 1. The lowest BCUT2D eigenvalue weighted by atomic mass is 9.69. The molecule has 2 aliphatic rings. The van der Waals surface area contributed by atoms with Crippen LogP contribution in [-0.4, -0.2) is 13.6 Å². The number of nitrogens with one attached hydrogen (secondary N) is 1. The van der Waals surface area contributed by atoms with Gasteiger partial charge in [0.15, 0.2) is 0 Å². The first kappa shape index (κ1) is 11.3. The molecule has 2 bridgehead atoms. The van der Waals surface area contributed by atoms with Crippen LogP contribution in [-0.2, 0) is 0 Å². The highest BCUT2D eigenvalue weighted by Crippen LogP contribution is 2.65. The average Bonchev–Trinajstić information content (AvgIpc) is 2.39. The van der Waals surface area contributed by atoms with Crippen molar-refractivity contribution >= 4 is 12.4 Å². The molecule has 0 spiro atoms. The second kappa shape index (κ2) is 3.43. The molecular weight excluding hydrogens is 182 g/mol. The lowest BCUT2D eigenvalue weighted by Gasteiger charge is -2.38. The van der Waals surface area contributed by atoms with Gasteiger partial charge in [0.25, 0.3) is 0 Å². The van der Waals surface area contributed by atoms with Crippen LogP contribution < -0.4 is 5.32 Å². The minimum Gasteiger partial charge on any atom is -0.319 e. The van der Waals surface area contributed by atoms with Crippen LogP contribution in [0.1, 0.15) is 39.5 Å².